The first kappa shape index (κ1) is 13.9. The fourth-order valence-corrected chi connectivity index (χ4v) is 2.03. The van der Waals surface area contributed by atoms with Crippen LogP contribution in [0, 0.1) is 0 Å². The number of benzene rings is 1. The number of ether oxygens (including phenoxy) is 1. The van der Waals surface area contributed by atoms with Crippen LogP contribution in [0.25, 0.3) is 0 Å². The molecule has 1 aromatic rings. The molecule has 1 aliphatic carbocycles. The second kappa shape index (κ2) is 6.10. The van der Waals surface area contributed by atoms with E-state index in [-0.39, 0.29) is 23.4 Å². The maximum atomic E-state index is 11.8. The molecule has 0 saturated heterocycles. The van der Waals surface area contributed by atoms with E-state index in [1.165, 1.54) is 25.3 Å². The van der Waals surface area contributed by atoms with Crippen LogP contribution in [0.1, 0.15) is 23.2 Å². The highest BCUT2D eigenvalue weighted by atomic mass is 16.5. The molecule has 0 radical (unpaired) electrons. The van der Waals surface area contributed by atoms with Crippen molar-refractivity contribution < 1.29 is 19.4 Å². The number of carboxylic acid groups (broad SMARTS) is 1. The van der Waals surface area contributed by atoms with Crippen molar-refractivity contribution in [1.29, 1.82) is 0 Å². The average molecular weight is 276 g/mol. The summed E-state index contributed by atoms with van der Waals surface area (Å²) in [5.41, 5.74) is 0.536. The van der Waals surface area contributed by atoms with Gasteiger partial charge in [0, 0.05) is 17.8 Å². The monoisotopic (exact) mass is 276 g/mol. The van der Waals surface area contributed by atoms with Crippen molar-refractivity contribution in [2.24, 2.45) is 0 Å². The van der Waals surface area contributed by atoms with Gasteiger partial charge in [-0.25, -0.2) is 9.59 Å². The van der Waals surface area contributed by atoms with Gasteiger partial charge in [-0.2, -0.15) is 0 Å². The van der Waals surface area contributed by atoms with Gasteiger partial charge in [-0.05, 0) is 25.0 Å². The zero-order valence-corrected chi connectivity index (χ0v) is 11.1. The molecule has 20 heavy (non-hydrogen) atoms. The third kappa shape index (κ3) is 3.28. The first-order chi connectivity index (χ1) is 9.60. The van der Waals surface area contributed by atoms with E-state index in [1.54, 1.807) is 0 Å². The van der Waals surface area contributed by atoms with Gasteiger partial charge in [-0.1, -0.05) is 12.2 Å². The summed E-state index contributed by atoms with van der Waals surface area (Å²) < 4.78 is 5.00. The van der Waals surface area contributed by atoms with Gasteiger partial charge in [0.15, 0.2) is 0 Å². The van der Waals surface area contributed by atoms with Gasteiger partial charge in [0.05, 0.1) is 7.11 Å². The van der Waals surface area contributed by atoms with Crippen molar-refractivity contribution in [3.8, 4) is 5.75 Å². The van der Waals surface area contributed by atoms with Crippen LogP contribution < -0.4 is 15.4 Å². The van der Waals surface area contributed by atoms with E-state index in [2.05, 4.69) is 10.6 Å². The van der Waals surface area contributed by atoms with E-state index < -0.39 is 5.97 Å². The zero-order valence-electron chi connectivity index (χ0n) is 11.1. The van der Waals surface area contributed by atoms with Crippen LogP contribution >= 0.6 is 0 Å². The molecule has 2 amide bonds. The predicted octanol–water partition coefficient (Wildman–Crippen LogP) is 2.23. The largest absolute Gasteiger partial charge is 0.496 e. The molecule has 3 N–H and O–H groups in total. The van der Waals surface area contributed by atoms with Gasteiger partial charge in [0.2, 0.25) is 0 Å². The number of methoxy groups -OCH3 is 1. The minimum absolute atomic E-state index is 0.0541. The van der Waals surface area contributed by atoms with Gasteiger partial charge in [0.25, 0.3) is 0 Å². The Morgan fingerprint density at radius 3 is 2.60 bits per heavy atom. The molecule has 1 aromatic carbocycles. The smallest absolute Gasteiger partial charge is 0.339 e. The van der Waals surface area contributed by atoms with Crippen molar-refractivity contribution in [2.45, 2.75) is 18.9 Å². The molecule has 0 aromatic heterocycles. The molecule has 2 rings (SSSR count). The minimum Gasteiger partial charge on any atom is -0.496 e. The molecule has 0 aliphatic heterocycles. The normalized spacial score (nSPS) is 14.1. The SMILES string of the molecule is COc1cc(NC(=O)NC2CC=CC2)ccc1C(=O)O. The lowest BCUT2D eigenvalue weighted by atomic mass is 10.2. The molecule has 0 spiro atoms. The second-order valence-electron chi connectivity index (χ2n) is 4.46. The Morgan fingerprint density at radius 1 is 1.30 bits per heavy atom. The van der Waals surface area contributed by atoms with Crippen molar-refractivity contribution in [3.05, 3.63) is 35.9 Å². The zero-order chi connectivity index (χ0) is 14.5. The number of hydrogen-bond donors (Lipinski definition) is 3. The molecule has 0 bridgehead atoms. The highest BCUT2D eigenvalue weighted by Crippen LogP contribution is 2.23. The predicted molar refractivity (Wildman–Crippen MR) is 74.3 cm³/mol. The summed E-state index contributed by atoms with van der Waals surface area (Å²) >= 11 is 0. The van der Waals surface area contributed by atoms with E-state index in [1.807, 2.05) is 12.2 Å². The van der Waals surface area contributed by atoms with Crippen LogP contribution in [0.4, 0.5) is 10.5 Å². The van der Waals surface area contributed by atoms with E-state index in [0.29, 0.717) is 5.69 Å². The minimum atomic E-state index is -1.07. The summed E-state index contributed by atoms with van der Waals surface area (Å²) in [4.78, 5) is 22.7. The van der Waals surface area contributed by atoms with Crippen LogP contribution in [-0.4, -0.2) is 30.3 Å². The molecule has 0 unspecified atom stereocenters. The topological polar surface area (TPSA) is 87.7 Å². The lowest BCUT2D eigenvalue weighted by Crippen LogP contribution is -2.36. The van der Waals surface area contributed by atoms with Crippen LogP contribution in [0.3, 0.4) is 0 Å². The van der Waals surface area contributed by atoms with Gasteiger partial charge >= 0.3 is 12.0 Å². The number of anilines is 1. The molecule has 0 heterocycles. The Hall–Kier alpha value is -2.50. The number of hydrogen-bond acceptors (Lipinski definition) is 3. The highest BCUT2D eigenvalue weighted by molar-refractivity contribution is 5.94. The number of carbonyl (C=O) groups is 2. The molecule has 0 atom stereocenters. The van der Waals surface area contributed by atoms with Gasteiger partial charge in [-0.15, -0.1) is 0 Å². The second-order valence-corrected chi connectivity index (χ2v) is 4.46. The Morgan fingerprint density at radius 2 is 2.00 bits per heavy atom. The number of carbonyl (C=O) groups excluding carboxylic acids is 1. The van der Waals surface area contributed by atoms with Crippen LogP contribution in [0.2, 0.25) is 0 Å². The lowest BCUT2D eigenvalue weighted by molar-refractivity contribution is 0.0693. The number of aromatic carboxylic acids is 1. The summed E-state index contributed by atoms with van der Waals surface area (Å²) in [7, 11) is 1.38. The average Bonchev–Trinajstić information content (AvgIpc) is 2.90. The van der Waals surface area contributed by atoms with Crippen LogP contribution in [0.15, 0.2) is 30.4 Å². The molecule has 1 aliphatic rings. The maximum absolute atomic E-state index is 11.8. The van der Waals surface area contributed by atoms with Gasteiger partial charge < -0.3 is 20.5 Å². The Kier molecular flexibility index (Phi) is 4.24. The van der Waals surface area contributed by atoms with Crippen LogP contribution in [0.5, 0.6) is 5.75 Å². The molecular formula is C14H16N2O4. The first-order valence-corrected chi connectivity index (χ1v) is 6.24. The Balaban J connectivity index is 2.01. The molecule has 0 saturated carbocycles. The molecule has 6 heteroatoms. The number of amides is 2. The third-order valence-electron chi connectivity index (χ3n) is 3.03. The summed E-state index contributed by atoms with van der Waals surface area (Å²) in [5, 5.41) is 14.5. The Labute approximate surface area is 116 Å². The fraction of sp³-hybridized carbons (Fsp3) is 0.286. The summed E-state index contributed by atoms with van der Waals surface area (Å²) in [6.45, 7) is 0. The fourth-order valence-electron chi connectivity index (χ4n) is 2.03. The highest BCUT2D eigenvalue weighted by Gasteiger charge is 2.15. The van der Waals surface area contributed by atoms with Crippen molar-refractivity contribution in [2.75, 3.05) is 12.4 Å². The first-order valence-electron chi connectivity index (χ1n) is 6.24. The van der Waals surface area contributed by atoms with Crippen molar-refractivity contribution in [3.63, 3.8) is 0 Å². The summed E-state index contributed by atoms with van der Waals surface area (Å²) in [6.07, 6.45) is 5.70. The summed E-state index contributed by atoms with van der Waals surface area (Å²) in [6, 6.07) is 4.21. The van der Waals surface area contributed by atoms with Crippen molar-refractivity contribution >= 4 is 17.7 Å². The molecule has 106 valence electrons. The molecular weight excluding hydrogens is 260 g/mol. The Bertz CT molecular complexity index is 546. The quantitative estimate of drug-likeness (QED) is 0.736. The van der Waals surface area contributed by atoms with E-state index in [0.717, 1.165) is 12.8 Å². The molecule has 6 nitrogen and oxygen atoms in total. The lowest BCUT2D eigenvalue weighted by Gasteiger charge is -2.14. The van der Waals surface area contributed by atoms with E-state index in [9.17, 15) is 9.59 Å². The number of nitrogens with one attached hydrogen (secondary N) is 2. The van der Waals surface area contributed by atoms with E-state index >= 15 is 0 Å². The molecule has 0 fully saturated rings. The number of rotatable bonds is 4. The van der Waals surface area contributed by atoms with Crippen LogP contribution in [-0.2, 0) is 0 Å². The van der Waals surface area contributed by atoms with Gasteiger partial charge in [0.1, 0.15) is 11.3 Å². The standard InChI is InChI=1S/C14H16N2O4/c1-20-12-8-10(6-7-11(12)13(17)18)16-14(19)15-9-4-2-3-5-9/h2-3,6-9H,4-5H2,1H3,(H,17,18)(H2,15,16,19). The maximum Gasteiger partial charge on any atom is 0.339 e. The number of urea groups is 1. The van der Waals surface area contributed by atoms with E-state index in [4.69, 9.17) is 9.84 Å². The number of carboxylic acids is 1. The third-order valence-corrected chi connectivity index (χ3v) is 3.03. The van der Waals surface area contributed by atoms with Crippen molar-refractivity contribution in [1.82, 2.24) is 5.32 Å². The van der Waals surface area contributed by atoms with Gasteiger partial charge in [-0.3, -0.25) is 0 Å². The summed E-state index contributed by atoms with van der Waals surface area (Å²) in [5.74, 6) is -0.868.